The third-order valence-electron chi connectivity index (χ3n) is 6.94. The summed E-state index contributed by atoms with van der Waals surface area (Å²) in [5.41, 5.74) is 6.33. The van der Waals surface area contributed by atoms with E-state index in [-0.39, 0.29) is 42.5 Å². The number of aromatic nitrogens is 1. The van der Waals surface area contributed by atoms with Crippen molar-refractivity contribution in [2.45, 2.75) is 25.4 Å². The van der Waals surface area contributed by atoms with Crippen LogP contribution in [0.3, 0.4) is 0 Å². The van der Waals surface area contributed by atoms with Crippen LogP contribution in [0.1, 0.15) is 22.4 Å². The van der Waals surface area contributed by atoms with Gasteiger partial charge in [0.25, 0.3) is 5.56 Å². The molecule has 0 unspecified atom stereocenters. The Hall–Kier alpha value is -4.37. The normalized spacial score (nSPS) is 18.0. The van der Waals surface area contributed by atoms with E-state index in [4.69, 9.17) is 19.9 Å². The van der Waals surface area contributed by atoms with E-state index in [0.717, 1.165) is 5.56 Å². The molecule has 0 aliphatic carbocycles. The fraction of sp³-hybridized carbons (Fsp3) is 0.250. The first kappa shape index (κ1) is 24.3. The van der Waals surface area contributed by atoms with Gasteiger partial charge in [0.2, 0.25) is 11.8 Å². The average molecular weight is 502 g/mol. The third-order valence-corrected chi connectivity index (χ3v) is 6.94. The molecule has 1 atom stereocenters. The molecular weight excluding hydrogens is 474 g/mol. The number of amides is 1. The quantitative estimate of drug-likeness (QED) is 0.516. The molecule has 0 fully saturated rings. The lowest BCUT2D eigenvalue weighted by molar-refractivity contribution is -0.138. The molecule has 1 spiro atoms. The number of esters is 1. The van der Waals surface area contributed by atoms with Crippen molar-refractivity contribution in [2.24, 2.45) is 5.73 Å². The number of benzene rings is 2. The first-order valence-corrected chi connectivity index (χ1v) is 11.8. The zero-order valence-corrected chi connectivity index (χ0v) is 20.8. The predicted molar refractivity (Wildman–Crippen MR) is 136 cm³/mol. The van der Waals surface area contributed by atoms with Gasteiger partial charge >= 0.3 is 5.97 Å². The molecule has 1 aromatic heterocycles. The number of anilines is 1. The summed E-state index contributed by atoms with van der Waals surface area (Å²) in [6, 6.07) is 18.2. The number of hydrogen-bond acceptors (Lipinski definition) is 7. The number of aryl methyl sites for hydroxylation is 1. The zero-order chi connectivity index (χ0) is 26.3. The minimum absolute atomic E-state index is 0.0248. The summed E-state index contributed by atoms with van der Waals surface area (Å²) in [7, 11) is 2.74. The highest BCUT2D eigenvalue weighted by atomic mass is 16.5. The Labute approximate surface area is 213 Å². The summed E-state index contributed by atoms with van der Waals surface area (Å²) < 4.78 is 17.6. The molecule has 190 valence electrons. The van der Waals surface area contributed by atoms with Gasteiger partial charge in [-0.1, -0.05) is 48.5 Å². The molecule has 2 aliphatic heterocycles. The zero-order valence-electron chi connectivity index (χ0n) is 20.8. The Balaban J connectivity index is 1.85. The van der Waals surface area contributed by atoms with Crippen molar-refractivity contribution in [3.05, 3.63) is 105 Å². The van der Waals surface area contributed by atoms with Gasteiger partial charge in [0.1, 0.15) is 16.7 Å². The van der Waals surface area contributed by atoms with Gasteiger partial charge in [-0.2, -0.15) is 0 Å². The number of fused-ring (bicyclic) bond motifs is 4. The minimum Gasteiger partial charge on any atom is -0.465 e. The monoisotopic (exact) mass is 501 g/mol. The Bertz CT molecular complexity index is 1490. The molecule has 9 heteroatoms. The second-order valence-corrected chi connectivity index (χ2v) is 8.95. The van der Waals surface area contributed by atoms with E-state index in [1.165, 1.54) is 11.7 Å². The maximum absolute atomic E-state index is 14.6. The molecule has 2 aromatic carbocycles. The van der Waals surface area contributed by atoms with Crippen LogP contribution in [0, 0.1) is 6.92 Å². The summed E-state index contributed by atoms with van der Waals surface area (Å²) in [5, 5.41) is 0. The fourth-order valence-corrected chi connectivity index (χ4v) is 5.32. The largest absolute Gasteiger partial charge is 0.465 e. The molecular formula is C28H27N3O6. The van der Waals surface area contributed by atoms with Gasteiger partial charge in [-0.3, -0.25) is 9.59 Å². The van der Waals surface area contributed by atoms with Crippen LogP contribution in [0.2, 0.25) is 0 Å². The van der Waals surface area contributed by atoms with E-state index in [0.29, 0.717) is 16.9 Å². The van der Waals surface area contributed by atoms with E-state index in [1.54, 1.807) is 49.3 Å². The molecule has 37 heavy (non-hydrogen) atoms. The van der Waals surface area contributed by atoms with Crippen LogP contribution in [-0.2, 0) is 37.6 Å². The van der Waals surface area contributed by atoms with Crippen molar-refractivity contribution < 1.29 is 23.8 Å². The smallest absolute Gasteiger partial charge is 0.340 e. The number of nitrogens with zero attached hydrogens (tertiary/aromatic N) is 2. The molecule has 2 aliphatic rings. The maximum Gasteiger partial charge on any atom is 0.340 e. The second-order valence-electron chi connectivity index (χ2n) is 8.95. The van der Waals surface area contributed by atoms with Gasteiger partial charge in [0.05, 0.1) is 25.8 Å². The fourth-order valence-electron chi connectivity index (χ4n) is 5.32. The minimum atomic E-state index is -1.85. The first-order chi connectivity index (χ1) is 17.9. The van der Waals surface area contributed by atoms with Crippen molar-refractivity contribution in [1.29, 1.82) is 0 Å². The summed E-state index contributed by atoms with van der Waals surface area (Å²) >= 11 is 0. The Morgan fingerprint density at radius 1 is 1.05 bits per heavy atom. The number of carbonyl (C=O) groups is 2. The van der Waals surface area contributed by atoms with Crippen LogP contribution >= 0.6 is 0 Å². The van der Waals surface area contributed by atoms with Crippen molar-refractivity contribution in [3.8, 4) is 5.75 Å². The highest BCUT2D eigenvalue weighted by Gasteiger charge is 2.62. The van der Waals surface area contributed by atoms with Gasteiger partial charge in [-0.15, -0.1) is 0 Å². The lowest BCUT2D eigenvalue weighted by Crippen LogP contribution is -2.52. The van der Waals surface area contributed by atoms with Gasteiger partial charge < -0.3 is 29.4 Å². The molecule has 3 heterocycles. The molecule has 5 rings (SSSR count). The van der Waals surface area contributed by atoms with Crippen LogP contribution in [0.5, 0.6) is 5.75 Å². The van der Waals surface area contributed by atoms with Gasteiger partial charge in [0, 0.05) is 36.7 Å². The maximum atomic E-state index is 14.6. The van der Waals surface area contributed by atoms with Crippen molar-refractivity contribution in [1.82, 2.24) is 4.57 Å². The number of para-hydroxylation sites is 1. The molecule has 0 saturated heterocycles. The second kappa shape index (κ2) is 9.25. The first-order valence-electron chi connectivity index (χ1n) is 11.8. The van der Waals surface area contributed by atoms with Crippen molar-refractivity contribution >= 4 is 17.6 Å². The van der Waals surface area contributed by atoms with Crippen molar-refractivity contribution in [3.63, 3.8) is 0 Å². The number of hydrogen-bond donors (Lipinski definition) is 1. The molecule has 9 nitrogen and oxygen atoms in total. The topological polar surface area (TPSA) is 113 Å². The van der Waals surface area contributed by atoms with Crippen LogP contribution in [-0.4, -0.2) is 37.3 Å². The lowest BCUT2D eigenvalue weighted by atomic mass is 9.68. The third kappa shape index (κ3) is 3.54. The number of carbonyl (C=O) groups excluding carboxylic acids is 2. The predicted octanol–water partition coefficient (Wildman–Crippen LogP) is 2.37. The van der Waals surface area contributed by atoms with Gasteiger partial charge in [0.15, 0.2) is 0 Å². The molecule has 0 bridgehead atoms. The van der Waals surface area contributed by atoms with Crippen LogP contribution in [0.15, 0.2) is 76.9 Å². The summed E-state index contributed by atoms with van der Waals surface area (Å²) in [6.07, 6.45) is 0. The van der Waals surface area contributed by atoms with E-state index < -0.39 is 22.9 Å². The highest BCUT2D eigenvalue weighted by Crippen LogP contribution is 2.54. The summed E-state index contributed by atoms with van der Waals surface area (Å²) in [5.74, 6) is -1.48. The average Bonchev–Trinajstić information content (AvgIpc) is 3.12. The molecule has 0 radical (unpaired) electrons. The molecule has 2 N–H and O–H groups in total. The molecule has 0 saturated carbocycles. The van der Waals surface area contributed by atoms with Crippen LogP contribution in [0.25, 0.3) is 0 Å². The highest BCUT2D eigenvalue weighted by molar-refractivity contribution is 6.18. The van der Waals surface area contributed by atoms with E-state index in [1.807, 2.05) is 30.3 Å². The van der Waals surface area contributed by atoms with E-state index in [9.17, 15) is 14.4 Å². The summed E-state index contributed by atoms with van der Waals surface area (Å²) in [4.78, 5) is 43.6. The van der Waals surface area contributed by atoms with Gasteiger partial charge in [-0.05, 0) is 18.6 Å². The Morgan fingerprint density at radius 2 is 1.76 bits per heavy atom. The SMILES string of the molecule is COCCn1c(C)cc2c(c1=O)[C@]1(C(=O)N(Cc3ccccc3)c3ccccc31)C(C(=O)OC)=C(N)O2. The summed E-state index contributed by atoms with van der Waals surface area (Å²) in [6.45, 7) is 2.52. The van der Waals surface area contributed by atoms with Crippen LogP contribution in [0.4, 0.5) is 5.69 Å². The number of ether oxygens (including phenoxy) is 3. The van der Waals surface area contributed by atoms with Crippen molar-refractivity contribution in [2.75, 3.05) is 25.7 Å². The van der Waals surface area contributed by atoms with Gasteiger partial charge in [-0.25, -0.2) is 4.79 Å². The Morgan fingerprint density at radius 3 is 2.46 bits per heavy atom. The lowest BCUT2D eigenvalue weighted by Gasteiger charge is -2.36. The Kier molecular flexibility index (Phi) is 6.08. The van der Waals surface area contributed by atoms with E-state index >= 15 is 0 Å². The number of nitrogens with two attached hydrogens (primary N) is 1. The van der Waals surface area contributed by atoms with E-state index in [2.05, 4.69) is 0 Å². The number of methoxy groups -OCH3 is 2. The molecule has 3 aromatic rings. The number of rotatable bonds is 6. The molecule has 1 amide bonds. The standard InChI is InChI=1S/C28H27N3O6/c1-17-15-21-22(25(32)30(17)13-14-35-2)28(23(24(29)37-21)26(33)36-3)19-11-7-8-12-20(19)31(27(28)34)16-18-9-5-4-6-10-18/h4-12,15H,13-14,16,29H2,1-3H3/t28-/m0/s1. The van der Waals surface area contributed by atoms with Crippen LogP contribution < -0.4 is 20.9 Å². The number of pyridine rings is 1.